The average Bonchev–Trinajstić information content (AvgIpc) is 2.82. The van der Waals surface area contributed by atoms with Gasteiger partial charge in [0, 0.05) is 30.1 Å². The molecule has 4 aromatic rings. The first kappa shape index (κ1) is 22.7. The van der Waals surface area contributed by atoms with E-state index in [1.165, 1.54) is 28.8 Å². The van der Waals surface area contributed by atoms with Crippen LogP contribution in [0.4, 0.5) is 24.7 Å². The Morgan fingerprint density at radius 2 is 1.68 bits per heavy atom. The highest BCUT2D eigenvalue weighted by Gasteiger charge is 2.31. The number of alkyl halides is 3. The van der Waals surface area contributed by atoms with Gasteiger partial charge in [0.1, 0.15) is 5.82 Å². The Morgan fingerprint density at radius 3 is 2.32 bits per heavy atom. The molecule has 7 nitrogen and oxygen atoms in total. The van der Waals surface area contributed by atoms with Crippen LogP contribution in [0.5, 0.6) is 0 Å². The number of nitrogens with zero attached hydrogens (tertiary/aromatic N) is 2. The number of amides is 1. The van der Waals surface area contributed by atoms with E-state index in [1.54, 1.807) is 31.3 Å². The van der Waals surface area contributed by atoms with Crippen molar-refractivity contribution in [1.29, 1.82) is 0 Å². The molecule has 1 amide bonds. The molecule has 0 saturated carbocycles. The Balaban J connectivity index is 1.91. The number of halogens is 3. The molecule has 0 bridgehead atoms. The number of carbonyl (C=O) groups excluding carboxylic acids is 1. The lowest BCUT2D eigenvalue weighted by atomic mass is 10.00. The molecule has 0 spiro atoms. The molecule has 10 heteroatoms. The number of fused-ring (bicyclic) bond motifs is 1. The maximum absolute atomic E-state index is 13.4. The molecule has 1 N–H and O–H groups in total. The molecule has 0 saturated heterocycles. The molecule has 0 fully saturated rings. The Labute approximate surface area is 190 Å². The number of para-hydroxylation sites is 1. The number of non-ortho nitro benzene ring substituents is 1. The fourth-order valence-electron chi connectivity index (χ4n) is 3.67. The van der Waals surface area contributed by atoms with E-state index in [1.807, 2.05) is 0 Å². The minimum absolute atomic E-state index is 0.00798. The molecule has 0 aliphatic rings. The van der Waals surface area contributed by atoms with E-state index in [0.717, 1.165) is 24.3 Å². The number of nitro groups is 1. The van der Waals surface area contributed by atoms with E-state index in [2.05, 4.69) is 5.32 Å². The van der Waals surface area contributed by atoms with Crippen LogP contribution in [-0.2, 0) is 13.2 Å². The first-order chi connectivity index (χ1) is 16.1. The molecule has 0 atom stereocenters. The molecule has 1 aromatic heterocycles. The normalized spacial score (nSPS) is 11.4. The van der Waals surface area contributed by atoms with Gasteiger partial charge >= 0.3 is 6.18 Å². The van der Waals surface area contributed by atoms with E-state index in [9.17, 15) is 32.9 Å². The molecular weight excluding hydrogens is 451 g/mol. The van der Waals surface area contributed by atoms with Crippen molar-refractivity contribution in [3.8, 4) is 11.1 Å². The molecule has 3 aromatic carbocycles. The number of aromatic nitrogens is 1. The number of nitro benzene ring substituents is 1. The molecule has 34 heavy (non-hydrogen) atoms. The van der Waals surface area contributed by atoms with E-state index in [-0.39, 0.29) is 33.6 Å². The summed E-state index contributed by atoms with van der Waals surface area (Å²) in [6.07, 6.45) is -4.62. The number of anilines is 1. The Hall–Kier alpha value is -4.47. The summed E-state index contributed by atoms with van der Waals surface area (Å²) >= 11 is 0. The number of hydrogen-bond acceptors (Lipinski definition) is 4. The SMILES string of the molecule is Cn1c(NC(=O)c2ccc([N+](=O)[O-])cc2)c(-c2cccc(C(F)(F)F)c2)c(=O)c2ccccc21. The van der Waals surface area contributed by atoms with Crippen LogP contribution in [0.1, 0.15) is 15.9 Å². The number of nitrogens with one attached hydrogen (secondary N) is 1. The van der Waals surface area contributed by atoms with Crippen molar-refractivity contribution in [3.05, 3.63) is 104 Å². The van der Waals surface area contributed by atoms with Crippen LogP contribution in [0.3, 0.4) is 0 Å². The van der Waals surface area contributed by atoms with Crippen molar-refractivity contribution < 1.29 is 22.9 Å². The largest absolute Gasteiger partial charge is 0.416 e. The lowest BCUT2D eigenvalue weighted by Gasteiger charge is -2.19. The van der Waals surface area contributed by atoms with Gasteiger partial charge in [-0.1, -0.05) is 24.3 Å². The maximum Gasteiger partial charge on any atom is 0.416 e. The molecule has 0 radical (unpaired) electrons. The maximum atomic E-state index is 13.4. The van der Waals surface area contributed by atoms with Crippen molar-refractivity contribution in [3.63, 3.8) is 0 Å². The lowest BCUT2D eigenvalue weighted by molar-refractivity contribution is -0.384. The van der Waals surface area contributed by atoms with Gasteiger partial charge in [-0.25, -0.2) is 0 Å². The summed E-state index contributed by atoms with van der Waals surface area (Å²) < 4.78 is 41.5. The lowest BCUT2D eigenvalue weighted by Crippen LogP contribution is -2.21. The average molecular weight is 467 g/mol. The van der Waals surface area contributed by atoms with Gasteiger partial charge < -0.3 is 9.88 Å². The van der Waals surface area contributed by atoms with Crippen LogP contribution < -0.4 is 10.7 Å². The number of rotatable bonds is 4. The number of aryl methyl sites for hydroxylation is 1. The minimum Gasteiger partial charge on any atom is -0.330 e. The second-order valence-corrected chi connectivity index (χ2v) is 7.47. The Morgan fingerprint density at radius 1 is 1.00 bits per heavy atom. The molecule has 0 unspecified atom stereocenters. The smallest absolute Gasteiger partial charge is 0.330 e. The Bertz CT molecular complexity index is 1490. The molecule has 0 aliphatic carbocycles. The van der Waals surface area contributed by atoms with Crippen LogP contribution >= 0.6 is 0 Å². The molecule has 4 rings (SSSR count). The van der Waals surface area contributed by atoms with Gasteiger partial charge in [0.15, 0.2) is 5.43 Å². The summed E-state index contributed by atoms with van der Waals surface area (Å²) in [7, 11) is 1.57. The zero-order valence-corrected chi connectivity index (χ0v) is 17.6. The predicted molar refractivity (Wildman–Crippen MR) is 121 cm³/mol. The highest BCUT2D eigenvalue weighted by Crippen LogP contribution is 2.34. The van der Waals surface area contributed by atoms with Crippen LogP contribution in [0.25, 0.3) is 22.0 Å². The van der Waals surface area contributed by atoms with Gasteiger partial charge in [-0.3, -0.25) is 19.7 Å². The summed E-state index contributed by atoms with van der Waals surface area (Å²) in [5, 5.41) is 13.7. The van der Waals surface area contributed by atoms with Crippen LogP contribution in [0, 0.1) is 10.1 Å². The number of carbonyl (C=O) groups is 1. The van der Waals surface area contributed by atoms with Gasteiger partial charge in [0.05, 0.1) is 21.6 Å². The van der Waals surface area contributed by atoms with Gasteiger partial charge in [0.2, 0.25) is 0 Å². The molecule has 1 heterocycles. The summed E-state index contributed by atoms with van der Waals surface area (Å²) in [5.74, 6) is -0.695. The fraction of sp³-hybridized carbons (Fsp3) is 0.0833. The van der Waals surface area contributed by atoms with Crippen molar-refractivity contribution in [2.24, 2.45) is 7.05 Å². The zero-order chi connectivity index (χ0) is 24.6. The molecule has 172 valence electrons. The first-order valence-corrected chi connectivity index (χ1v) is 9.93. The van der Waals surface area contributed by atoms with Crippen molar-refractivity contribution >= 4 is 28.3 Å². The van der Waals surface area contributed by atoms with Crippen molar-refractivity contribution in [1.82, 2.24) is 4.57 Å². The second-order valence-electron chi connectivity index (χ2n) is 7.47. The second kappa shape index (κ2) is 8.47. The third-order valence-electron chi connectivity index (χ3n) is 5.36. The molecular formula is C24H16F3N3O4. The van der Waals surface area contributed by atoms with E-state index in [4.69, 9.17) is 0 Å². The fourth-order valence-corrected chi connectivity index (χ4v) is 3.67. The van der Waals surface area contributed by atoms with Gasteiger partial charge in [-0.15, -0.1) is 0 Å². The standard InChI is InChI=1S/C24H16F3N3O4/c1-29-19-8-3-2-7-18(19)21(31)20(15-5-4-6-16(13-15)24(25,26)27)22(29)28-23(32)14-9-11-17(12-10-14)30(33)34/h2-13H,1H3,(H,28,32). The molecule has 0 aliphatic heterocycles. The quantitative estimate of drug-likeness (QED) is 0.322. The summed E-state index contributed by atoms with van der Waals surface area (Å²) in [5.41, 5.74) is -1.29. The topological polar surface area (TPSA) is 94.2 Å². The van der Waals surface area contributed by atoms with Gasteiger partial charge in [0.25, 0.3) is 11.6 Å². The third kappa shape index (κ3) is 4.13. The third-order valence-corrected chi connectivity index (χ3v) is 5.36. The van der Waals surface area contributed by atoms with Gasteiger partial charge in [-0.2, -0.15) is 13.2 Å². The van der Waals surface area contributed by atoms with Crippen LogP contribution in [-0.4, -0.2) is 15.4 Å². The predicted octanol–water partition coefficient (Wildman–Crippen LogP) is 5.38. The van der Waals surface area contributed by atoms with E-state index < -0.39 is 28.0 Å². The Kier molecular flexibility index (Phi) is 5.66. The van der Waals surface area contributed by atoms with Crippen molar-refractivity contribution in [2.75, 3.05) is 5.32 Å². The number of pyridine rings is 1. The highest BCUT2D eigenvalue weighted by atomic mass is 19.4. The van der Waals surface area contributed by atoms with Crippen LogP contribution in [0.15, 0.2) is 77.6 Å². The van der Waals surface area contributed by atoms with Crippen LogP contribution in [0.2, 0.25) is 0 Å². The minimum atomic E-state index is -4.62. The summed E-state index contributed by atoms with van der Waals surface area (Å²) in [6.45, 7) is 0. The van der Waals surface area contributed by atoms with Gasteiger partial charge in [-0.05, 0) is 42.0 Å². The zero-order valence-electron chi connectivity index (χ0n) is 17.6. The monoisotopic (exact) mass is 467 g/mol. The van der Waals surface area contributed by atoms with Crippen molar-refractivity contribution in [2.45, 2.75) is 6.18 Å². The number of benzene rings is 3. The highest BCUT2D eigenvalue weighted by molar-refractivity contribution is 6.07. The summed E-state index contributed by atoms with van der Waals surface area (Å²) in [4.78, 5) is 36.6. The first-order valence-electron chi connectivity index (χ1n) is 9.93. The number of hydrogen-bond donors (Lipinski definition) is 1. The summed E-state index contributed by atoms with van der Waals surface area (Å²) in [6, 6.07) is 15.6. The van der Waals surface area contributed by atoms with E-state index in [0.29, 0.717) is 5.52 Å². The van der Waals surface area contributed by atoms with E-state index >= 15 is 0 Å².